The van der Waals surface area contributed by atoms with E-state index in [1.807, 2.05) is 43.4 Å². The van der Waals surface area contributed by atoms with Gasteiger partial charge in [-0.15, -0.1) is 0 Å². The minimum Gasteiger partial charge on any atom is -0.497 e. The van der Waals surface area contributed by atoms with Gasteiger partial charge in [-0.1, -0.05) is 6.07 Å². The average Bonchev–Trinajstić information content (AvgIpc) is 2.03. The molecular weight excluding hydrogens is 152 g/mol. The molecular formula is C9H14N2O. The summed E-state index contributed by atoms with van der Waals surface area (Å²) >= 11 is 0. The largest absolute Gasteiger partial charge is 0.497 e. The van der Waals surface area contributed by atoms with Crippen molar-refractivity contribution in [3.8, 4) is 5.75 Å². The van der Waals surface area contributed by atoms with E-state index >= 15 is 0 Å². The SMILES string of the molecule is COc1cccc(NN(C)C)c1. The van der Waals surface area contributed by atoms with Crippen molar-refractivity contribution in [1.29, 1.82) is 0 Å². The summed E-state index contributed by atoms with van der Waals surface area (Å²) in [5.74, 6) is 0.863. The first kappa shape index (κ1) is 8.87. The van der Waals surface area contributed by atoms with Crippen LogP contribution in [-0.2, 0) is 0 Å². The lowest BCUT2D eigenvalue weighted by molar-refractivity contribution is 0.414. The van der Waals surface area contributed by atoms with Crippen molar-refractivity contribution in [3.63, 3.8) is 0 Å². The standard InChI is InChI=1S/C9H14N2O/c1-11(2)10-8-5-4-6-9(7-8)12-3/h4-7,10H,1-3H3. The number of methoxy groups -OCH3 is 1. The first-order valence-electron chi connectivity index (χ1n) is 3.80. The normalized spacial score (nSPS) is 10.0. The zero-order valence-electron chi connectivity index (χ0n) is 7.66. The molecule has 0 aliphatic carbocycles. The van der Waals surface area contributed by atoms with Crippen LogP contribution in [0, 0.1) is 0 Å². The molecule has 0 unspecified atom stereocenters. The summed E-state index contributed by atoms with van der Waals surface area (Å²) in [7, 11) is 5.55. The lowest BCUT2D eigenvalue weighted by Gasteiger charge is -2.13. The van der Waals surface area contributed by atoms with Gasteiger partial charge >= 0.3 is 0 Å². The van der Waals surface area contributed by atoms with E-state index in [0.29, 0.717) is 0 Å². The quantitative estimate of drug-likeness (QED) is 0.690. The molecule has 3 nitrogen and oxygen atoms in total. The Bertz CT molecular complexity index is 248. The summed E-state index contributed by atoms with van der Waals surface area (Å²) in [4.78, 5) is 0. The molecule has 0 aromatic heterocycles. The first-order valence-corrected chi connectivity index (χ1v) is 3.80. The number of hydrogen-bond donors (Lipinski definition) is 1. The Kier molecular flexibility index (Phi) is 2.94. The zero-order chi connectivity index (χ0) is 8.97. The molecule has 0 atom stereocenters. The van der Waals surface area contributed by atoms with Gasteiger partial charge in [-0.05, 0) is 12.1 Å². The van der Waals surface area contributed by atoms with Crippen LogP contribution in [0.4, 0.5) is 5.69 Å². The summed E-state index contributed by atoms with van der Waals surface area (Å²) in [6.45, 7) is 0. The summed E-state index contributed by atoms with van der Waals surface area (Å²) in [5.41, 5.74) is 4.16. The van der Waals surface area contributed by atoms with Crippen molar-refractivity contribution in [2.24, 2.45) is 0 Å². The van der Waals surface area contributed by atoms with Crippen molar-refractivity contribution >= 4 is 5.69 Å². The summed E-state index contributed by atoms with van der Waals surface area (Å²) in [6.07, 6.45) is 0. The summed E-state index contributed by atoms with van der Waals surface area (Å²) < 4.78 is 5.08. The van der Waals surface area contributed by atoms with Crippen molar-refractivity contribution in [2.75, 3.05) is 26.6 Å². The predicted octanol–water partition coefficient (Wildman–Crippen LogP) is 1.58. The fourth-order valence-corrected chi connectivity index (χ4v) is 0.951. The Labute approximate surface area is 72.9 Å². The van der Waals surface area contributed by atoms with Gasteiger partial charge in [-0.2, -0.15) is 0 Å². The van der Waals surface area contributed by atoms with Gasteiger partial charge in [0.25, 0.3) is 0 Å². The summed E-state index contributed by atoms with van der Waals surface area (Å²) in [5, 5.41) is 1.88. The van der Waals surface area contributed by atoms with E-state index in [4.69, 9.17) is 4.74 Å². The van der Waals surface area contributed by atoms with E-state index in [1.54, 1.807) is 7.11 Å². The second-order valence-electron chi connectivity index (χ2n) is 2.74. The van der Waals surface area contributed by atoms with Crippen LogP contribution in [0.25, 0.3) is 0 Å². The topological polar surface area (TPSA) is 24.5 Å². The van der Waals surface area contributed by atoms with Crippen LogP contribution in [0.1, 0.15) is 0 Å². The van der Waals surface area contributed by atoms with E-state index in [9.17, 15) is 0 Å². The number of ether oxygens (including phenoxy) is 1. The van der Waals surface area contributed by atoms with Crippen LogP contribution in [0.2, 0.25) is 0 Å². The third-order valence-corrected chi connectivity index (χ3v) is 1.42. The monoisotopic (exact) mass is 166 g/mol. The van der Waals surface area contributed by atoms with E-state index in [-0.39, 0.29) is 0 Å². The van der Waals surface area contributed by atoms with Crippen LogP contribution >= 0.6 is 0 Å². The number of hydrogen-bond acceptors (Lipinski definition) is 3. The highest BCUT2D eigenvalue weighted by Gasteiger charge is 1.94. The third-order valence-electron chi connectivity index (χ3n) is 1.42. The van der Waals surface area contributed by atoms with Gasteiger partial charge in [0.2, 0.25) is 0 Å². The number of nitrogens with one attached hydrogen (secondary N) is 1. The Balaban J connectivity index is 2.72. The predicted molar refractivity (Wildman–Crippen MR) is 50.3 cm³/mol. The molecule has 0 bridgehead atoms. The molecule has 0 aliphatic rings. The Morgan fingerprint density at radius 2 is 2.08 bits per heavy atom. The average molecular weight is 166 g/mol. The molecule has 1 N–H and O–H groups in total. The van der Waals surface area contributed by atoms with Gasteiger partial charge in [-0.25, -0.2) is 5.01 Å². The van der Waals surface area contributed by atoms with Crippen LogP contribution in [-0.4, -0.2) is 26.2 Å². The number of nitrogens with zero attached hydrogens (tertiary/aromatic N) is 1. The van der Waals surface area contributed by atoms with Crippen LogP contribution in [0.3, 0.4) is 0 Å². The number of hydrazine groups is 1. The summed E-state index contributed by atoms with van der Waals surface area (Å²) in [6, 6.07) is 7.80. The lowest BCUT2D eigenvalue weighted by atomic mass is 10.3. The maximum absolute atomic E-state index is 5.08. The van der Waals surface area contributed by atoms with Crippen molar-refractivity contribution in [1.82, 2.24) is 5.01 Å². The highest BCUT2D eigenvalue weighted by Crippen LogP contribution is 2.16. The second-order valence-corrected chi connectivity index (χ2v) is 2.74. The van der Waals surface area contributed by atoms with Gasteiger partial charge in [0.15, 0.2) is 0 Å². The van der Waals surface area contributed by atoms with Crippen LogP contribution in [0.5, 0.6) is 5.75 Å². The molecule has 0 aliphatic heterocycles. The number of anilines is 1. The van der Waals surface area contributed by atoms with E-state index in [0.717, 1.165) is 11.4 Å². The molecule has 66 valence electrons. The molecule has 0 heterocycles. The maximum Gasteiger partial charge on any atom is 0.120 e. The lowest BCUT2D eigenvalue weighted by Crippen LogP contribution is -2.19. The molecule has 3 heteroatoms. The molecule has 1 aromatic carbocycles. The minimum atomic E-state index is 0.863. The molecule has 0 saturated carbocycles. The molecule has 1 rings (SSSR count). The highest BCUT2D eigenvalue weighted by atomic mass is 16.5. The maximum atomic E-state index is 5.08. The molecule has 1 aromatic rings. The Morgan fingerprint density at radius 3 is 2.67 bits per heavy atom. The molecule has 0 saturated heterocycles. The Morgan fingerprint density at radius 1 is 1.33 bits per heavy atom. The van der Waals surface area contributed by atoms with Crippen LogP contribution in [0.15, 0.2) is 24.3 Å². The highest BCUT2D eigenvalue weighted by molar-refractivity contribution is 5.47. The van der Waals surface area contributed by atoms with Crippen molar-refractivity contribution in [3.05, 3.63) is 24.3 Å². The number of benzene rings is 1. The van der Waals surface area contributed by atoms with Crippen LogP contribution < -0.4 is 10.2 Å². The van der Waals surface area contributed by atoms with Gasteiger partial charge < -0.3 is 10.2 Å². The van der Waals surface area contributed by atoms with E-state index in [2.05, 4.69) is 5.43 Å². The van der Waals surface area contributed by atoms with Crippen molar-refractivity contribution < 1.29 is 4.74 Å². The molecule has 0 fully saturated rings. The fraction of sp³-hybridized carbons (Fsp3) is 0.333. The fourth-order valence-electron chi connectivity index (χ4n) is 0.951. The second kappa shape index (κ2) is 3.97. The third kappa shape index (κ3) is 2.43. The van der Waals surface area contributed by atoms with E-state index < -0.39 is 0 Å². The molecule has 0 amide bonds. The van der Waals surface area contributed by atoms with E-state index in [1.165, 1.54) is 0 Å². The smallest absolute Gasteiger partial charge is 0.120 e. The van der Waals surface area contributed by atoms with Crippen molar-refractivity contribution in [2.45, 2.75) is 0 Å². The number of rotatable bonds is 3. The first-order chi connectivity index (χ1) is 5.72. The molecule has 12 heavy (non-hydrogen) atoms. The molecule has 0 radical (unpaired) electrons. The van der Waals surface area contributed by atoms with Gasteiger partial charge in [0, 0.05) is 20.2 Å². The van der Waals surface area contributed by atoms with Gasteiger partial charge in [0.1, 0.15) is 5.75 Å². The zero-order valence-corrected chi connectivity index (χ0v) is 7.66. The molecule has 0 spiro atoms. The van der Waals surface area contributed by atoms with Gasteiger partial charge in [0.05, 0.1) is 12.8 Å². The van der Waals surface area contributed by atoms with Gasteiger partial charge in [-0.3, -0.25) is 0 Å². The minimum absolute atomic E-state index is 0.863. The Hall–Kier alpha value is -1.22.